The number of carbonyl (C=O) groups excluding carboxylic acids is 2. The molecule has 0 atom stereocenters. The van der Waals surface area contributed by atoms with Crippen molar-refractivity contribution in [2.75, 3.05) is 23.4 Å². The van der Waals surface area contributed by atoms with Gasteiger partial charge in [0, 0.05) is 17.2 Å². The van der Waals surface area contributed by atoms with Crippen LogP contribution in [-0.2, 0) is 15.7 Å². The number of ether oxygens (including phenoxy) is 1. The van der Waals surface area contributed by atoms with Crippen molar-refractivity contribution >= 4 is 41.1 Å². The Balaban J connectivity index is 1.49. The second-order valence-electron chi connectivity index (χ2n) is 5.89. The normalized spacial score (nSPS) is 14.7. The Labute approximate surface area is 168 Å². The summed E-state index contributed by atoms with van der Waals surface area (Å²) < 4.78 is 42.9. The van der Waals surface area contributed by atoms with Gasteiger partial charge in [-0.25, -0.2) is 4.79 Å². The first-order chi connectivity index (χ1) is 13.3. The lowest BCUT2D eigenvalue weighted by molar-refractivity contribution is -0.137. The quantitative estimate of drug-likeness (QED) is 0.682. The number of anilines is 1. The molecule has 1 aliphatic rings. The van der Waals surface area contributed by atoms with Crippen LogP contribution in [-0.4, -0.2) is 30.0 Å². The third-order valence-electron chi connectivity index (χ3n) is 3.87. The van der Waals surface area contributed by atoms with Gasteiger partial charge in [0.15, 0.2) is 6.61 Å². The second kappa shape index (κ2) is 8.91. The molecule has 0 radical (unpaired) electrons. The molecular weight excluding hydrogens is 411 g/mol. The van der Waals surface area contributed by atoms with Crippen LogP contribution in [0.15, 0.2) is 48.5 Å². The maximum atomic E-state index is 12.5. The predicted molar refractivity (Wildman–Crippen MR) is 104 cm³/mol. The fourth-order valence-electron chi connectivity index (χ4n) is 2.48. The van der Waals surface area contributed by atoms with E-state index in [1.807, 2.05) is 35.7 Å². The Bertz CT molecular complexity index is 833. The fraction of sp³-hybridized carbons (Fsp3) is 0.263. The first-order valence-corrected chi connectivity index (χ1v) is 10.4. The van der Waals surface area contributed by atoms with Gasteiger partial charge in [0.25, 0.3) is 5.91 Å². The summed E-state index contributed by atoms with van der Waals surface area (Å²) in [6.07, 6.45) is -4.44. The van der Waals surface area contributed by atoms with Gasteiger partial charge in [-0.1, -0.05) is 12.1 Å². The number of halogens is 3. The topological polar surface area (TPSA) is 55.4 Å². The molecule has 1 N–H and O–H groups in total. The van der Waals surface area contributed by atoms with Crippen molar-refractivity contribution < 1.29 is 27.5 Å². The first kappa shape index (κ1) is 20.6. The second-order valence-corrected chi connectivity index (χ2v) is 8.62. The van der Waals surface area contributed by atoms with Crippen LogP contribution in [0, 0.1) is 0 Å². The molecule has 4 nitrogen and oxygen atoms in total. The number of thioether (sulfide) groups is 2. The van der Waals surface area contributed by atoms with E-state index in [9.17, 15) is 22.8 Å². The van der Waals surface area contributed by atoms with Crippen molar-refractivity contribution in [3.05, 3.63) is 65.2 Å². The summed E-state index contributed by atoms with van der Waals surface area (Å²) in [7, 11) is 0. The van der Waals surface area contributed by atoms with E-state index >= 15 is 0 Å². The molecule has 28 heavy (non-hydrogen) atoms. The fourth-order valence-corrected chi connectivity index (χ4v) is 5.34. The molecule has 9 heteroatoms. The minimum Gasteiger partial charge on any atom is -0.452 e. The Morgan fingerprint density at radius 3 is 2.18 bits per heavy atom. The molecule has 0 unspecified atom stereocenters. The van der Waals surface area contributed by atoms with Crippen LogP contribution >= 0.6 is 23.5 Å². The van der Waals surface area contributed by atoms with Gasteiger partial charge in [-0.05, 0) is 42.0 Å². The molecule has 2 aromatic rings. The average Bonchev–Trinajstić information content (AvgIpc) is 3.21. The summed E-state index contributed by atoms with van der Waals surface area (Å²) in [4.78, 5) is 23.9. The van der Waals surface area contributed by atoms with E-state index in [0.29, 0.717) is 10.1 Å². The van der Waals surface area contributed by atoms with Crippen molar-refractivity contribution in [1.82, 2.24) is 0 Å². The first-order valence-electron chi connectivity index (χ1n) is 8.30. The van der Waals surface area contributed by atoms with E-state index in [1.54, 1.807) is 12.1 Å². The van der Waals surface area contributed by atoms with Crippen molar-refractivity contribution in [3.8, 4) is 0 Å². The highest BCUT2D eigenvalue weighted by molar-refractivity contribution is 8.19. The van der Waals surface area contributed by atoms with E-state index in [-0.39, 0.29) is 5.69 Å². The van der Waals surface area contributed by atoms with Gasteiger partial charge in [-0.15, -0.1) is 23.5 Å². The van der Waals surface area contributed by atoms with Crippen LogP contribution in [0.25, 0.3) is 0 Å². The Morgan fingerprint density at radius 2 is 1.61 bits per heavy atom. The van der Waals surface area contributed by atoms with E-state index < -0.39 is 30.2 Å². The zero-order chi connectivity index (χ0) is 20.1. The van der Waals surface area contributed by atoms with E-state index in [1.165, 1.54) is 0 Å². The molecule has 0 aliphatic carbocycles. The lowest BCUT2D eigenvalue weighted by atomic mass is 10.1. The maximum Gasteiger partial charge on any atom is 0.416 e. The van der Waals surface area contributed by atoms with Crippen LogP contribution in [0.2, 0.25) is 0 Å². The van der Waals surface area contributed by atoms with Crippen molar-refractivity contribution in [2.45, 2.75) is 10.8 Å². The number of hydrogen-bond donors (Lipinski definition) is 1. The molecule has 1 saturated heterocycles. The molecular formula is C19H16F3NO3S2. The summed E-state index contributed by atoms with van der Waals surface area (Å²) in [6, 6.07) is 11.1. The number of carbonyl (C=O) groups is 2. The standard InChI is InChI=1S/C19H16F3NO3S2/c20-19(21,22)14-5-7-15(8-6-14)23-16(24)11-26-17(25)12-1-3-13(4-2-12)18-27-9-10-28-18/h1-8,18H,9-11H2,(H,23,24). The highest BCUT2D eigenvalue weighted by atomic mass is 32.2. The number of alkyl halides is 3. The molecule has 1 heterocycles. The molecule has 0 spiro atoms. The summed E-state index contributed by atoms with van der Waals surface area (Å²) in [5.41, 5.74) is 0.836. The van der Waals surface area contributed by atoms with Crippen LogP contribution in [0.4, 0.5) is 18.9 Å². The number of esters is 1. The van der Waals surface area contributed by atoms with E-state index in [2.05, 4.69) is 5.32 Å². The van der Waals surface area contributed by atoms with Gasteiger partial charge in [0.2, 0.25) is 0 Å². The monoisotopic (exact) mass is 427 g/mol. The van der Waals surface area contributed by atoms with Crippen LogP contribution in [0.3, 0.4) is 0 Å². The molecule has 1 amide bonds. The van der Waals surface area contributed by atoms with Gasteiger partial charge in [-0.3, -0.25) is 4.79 Å². The number of benzene rings is 2. The summed E-state index contributed by atoms with van der Waals surface area (Å²) in [6.45, 7) is -0.532. The van der Waals surface area contributed by atoms with Crippen molar-refractivity contribution in [2.24, 2.45) is 0 Å². The lowest BCUT2D eigenvalue weighted by Gasteiger charge is -2.10. The van der Waals surface area contributed by atoms with Crippen LogP contribution in [0.1, 0.15) is 26.1 Å². The molecule has 0 saturated carbocycles. The van der Waals surface area contributed by atoms with Gasteiger partial charge in [0.1, 0.15) is 0 Å². The summed E-state index contributed by atoms with van der Waals surface area (Å²) >= 11 is 3.72. The smallest absolute Gasteiger partial charge is 0.416 e. The summed E-state index contributed by atoms with van der Waals surface area (Å²) in [5, 5.41) is 2.38. The van der Waals surface area contributed by atoms with E-state index in [0.717, 1.165) is 41.3 Å². The Morgan fingerprint density at radius 1 is 1.00 bits per heavy atom. The summed E-state index contributed by atoms with van der Waals surface area (Å²) in [5.74, 6) is 0.935. The van der Waals surface area contributed by atoms with Crippen LogP contribution in [0.5, 0.6) is 0 Å². The molecule has 3 rings (SSSR count). The number of hydrogen-bond acceptors (Lipinski definition) is 5. The zero-order valence-corrected chi connectivity index (χ0v) is 16.1. The molecule has 2 aromatic carbocycles. The molecule has 1 fully saturated rings. The van der Waals surface area contributed by atoms with Gasteiger partial charge < -0.3 is 10.1 Å². The van der Waals surface area contributed by atoms with Gasteiger partial charge in [-0.2, -0.15) is 13.2 Å². The Kier molecular flexibility index (Phi) is 6.56. The van der Waals surface area contributed by atoms with Gasteiger partial charge in [0.05, 0.1) is 15.7 Å². The Hall–Kier alpha value is -2.13. The van der Waals surface area contributed by atoms with Crippen molar-refractivity contribution in [1.29, 1.82) is 0 Å². The minimum absolute atomic E-state index is 0.185. The number of amides is 1. The zero-order valence-electron chi connectivity index (χ0n) is 14.5. The van der Waals surface area contributed by atoms with E-state index in [4.69, 9.17) is 4.74 Å². The minimum atomic E-state index is -4.44. The highest BCUT2D eigenvalue weighted by Gasteiger charge is 2.30. The molecule has 148 valence electrons. The number of rotatable bonds is 5. The molecule has 0 bridgehead atoms. The highest BCUT2D eigenvalue weighted by Crippen LogP contribution is 2.45. The lowest BCUT2D eigenvalue weighted by Crippen LogP contribution is -2.21. The third-order valence-corrected chi connectivity index (χ3v) is 6.98. The molecule has 1 aliphatic heterocycles. The van der Waals surface area contributed by atoms with Crippen LogP contribution < -0.4 is 5.32 Å². The number of nitrogens with one attached hydrogen (secondary N) is 1. The SMILES string of the molecule is O=C(COC(=O)c1ccc(C2SCCS2)cc1)Nc1ccc(C(F)(F)F)cc1. The predicted octanol–water partition coefficient (Wildman–Crippen LogP) is 4.98. The van der Waals surface area contributed by atoms with Crippen molar-refractivity contribution in [3.63, 3.8) is 0 Å². The maximum absolute atomic E-state index is 12.5. The third kappa shape index (κ3) is 5.45. The largest absolute Gasteiger partial charge is 0.452 e. The average molecular weight is 427 g/mol. The van der Waals surface area contributed by atoms with Gasteiger partial charge >= 0.3 is 12.1 Å². The molecule has 0 aromatic heterocycles.